The molecule has 2 N–H and O–H groups in total. The van der Waals surface area contributed by atoms with Crippen LogP contribution < -0.4 is 5.73 Å². The fourth-order valence-corrected chi connectivity index (χ4v) is 0.568. The monoisotopic (exact) mass is 133 g/mol. The Morgan fingerprint density at radius 3 is 2.62 bits per heavy atom. The standard InChI is InChI=1S/C4H7NO2S/c1-2-3-8(7)4(5)6/h2H,1,3H2,(H2,5,6). The molecule has 1 unspecified atom stereocenters. The molecule has 8 heavy (non-hydrogen) atoms. The van der Waals surface area contributed by atoms with Crippen molar-refractivity contribution in [3.05, 3.63) is 12.7 Å². The van der Waals surface area contributed by atoms with Crippen LogP contribution in [0.5, 0.6) is 0 Å². The predicted molar refractivity (Wildman–Crippen MR) is 32.8 cm³/mol. The lowest BCUT2D eigenvalue weighted by atomic mass is 10.8. The molecule has 0 aromatic heterocycles. The maximum absolute atomic E-state index is 10.3. The molecule has 3 nitrogen and oxygen atoms in total. The van der Waals surface area contributed by atoms with Gasteiger partial charge in [0.2, 0.25) is 0 Å². The zero-order valence-electron chi connectivity index (χ0n) is 4.29. The van der Waals surface area contributed by atoms with Crippen LogP contribution in [0.4, 0.5) is 4.79 Å². The van der Waals surface area contributed by atoms with Crippen LogP contribution in [-0.2, 0) is 11.2 Å². The van der Waals surface area contributed by atoms with Crippen LogP contribution in [0.1, 0.15) is 0 Å². The highest BCUT2D eigenvalue weighted by molar-refractivity contribution is 8.06. The van der Waals surface area contributed by atoms with Gasteiger partial charge < -0.3 is 10.3 Å². The van der Waals surface area contributed by atoms with E-state index >= 15 is 0 Å². The Hall–Kier alpha value is -0.480. The molecule has 0 fully saturated rings. The minimum atomic E-state index is -1.55. The molecule has 0 aliphatic heterocycles. The third kappa shape index (κ3) is 2.65. The highest BCUT2D eigenvalue weighted by Gasteiger charge is 2.09. The molecular formula is C4H7NO2S. The number of hydrogen-bond donors (Lipinski definition) is 1. The number of nitrogens with two attached hydrogens (primary N) is 1. The second kappa shape index (κ2) is 3.51. The van der Waals surface area contributed by atoms with Crippen LogP contribution in [0.2, 0.25) is 0 Å². The molecule has 0 aliphatic rings. The third-order valence-electron chi connectivity index (χ3n) is 0.494. The first kappa shape index (κ1) is 7.52. The fourth-order valence-electron chi connectivity index (χ4n) is 0.189. The van der Waals surface area contributed by atoms with E-state index in [-0.39, 0.29) is 5.75 Å². The largest absolute Gasteiger partial charge is 0.607 e. The summed E-state index contributed by atoms with van der Waals surface area (Å²) < 4.78 is 10.3. The van der Waals surface area contributed by atoms with Crippen molar-refractivity contribution in [3.8, 4) is 0 Å². The van der Waals surface area contributed by atoms with Crippen molar-refractivity contribution in [2.45, 2.75) is 0 Å². The second-order valence-electron chi connectivity index (χ2n) is 1.12. The van der Waals surface area contributed by atoms with Gasteiger partial charge in [-0.15, -0.1) is 0 Å². The first-order chi connectivity index (χ1) is 3.68. The van der Waals surface area contributed by atoms with Gasteiger partial charge in [0.15, 0.2) is 0 Å². The number of carbonyl (C=O) groups is 1. The molecule has 0 spiro atoms. The van der Waals surface area contributed by atoms with Gasteiger partial charge in [-0.05, 0) is 6.08 Å². The molecule has 0 aromatic carbocycles. The summed E-state index contributed by atoms with van der Waals surface area (Å²) in [7, 11) is 0. The van der Waals surface area contributed by atoms with Crippen molar-refractivity contribution in [1.29, 1.82) is 0 Å². The summed E-state index contributed by atoms with van der Waals surface area (Å²) in [6, 6.07) is 0. The highest BCUT2D eigenvalue weighted by atomic mass is 32.2. The van der Waals surface area contributed by atoms with E-state index in [2.05, 4.69) is 12.3 Å². The molecule has 0 bridgehead atoms. The number of rotatable bonds is 2. The van der Waals surface area contributed by atoms with Gasteiger partial charge in [0, 0.05) is 0 Å². The van der Waals surface area contributed by atoms with Gasteiger partial charge in [0.25, 0.3) is 0 Å². The van der Waals surface area contributed by atoms with Gasteiger partial charge in [-0.1, -0.05) is 6.58 Å². The maximum Gasteiger partial charge on any atom is 0.424 e. The Balaban J connectivity index is 3.46. The summed E-state index contributed by atoms with van der Waals surface area (Å²) in [4.78, 5) is 9.96. The molecule has 1 amide bonds. The van der Waals surface area contributed by atoms with Crippen LogP contribution in [-0.4, -0.2) is 15.5 Å². The summed E-state index contributed by atoms with van der Waals surface area (Å²) in [5.74, 6) is 0.148. The first-order valence-corrected chi connectivity index (χ1v) is 3.29. The lowest BCUT2D eigenvalue weighted by Gasteiger charge is -1.99. The van der Waals surface area contributed by atoms with Crippen molar-refractivity contribution >= 4 is 16.4 Å². The van der Waals surface area contributed by atoms with Crippen molar-refractivity contribution in [1.82, 2.24) is 0 Å². The Kier molecular flexibility index (Phi) is 3.30. The average molecular weight is 133 g/mol. The normalized spacial score (nSPS) is 12.6. The molecule has 0 saturated heterocycles. The summed E-state index contributed by atoms with van der Waals surface area (Å²) in [6.45, 7) is 3.28. The van der Waals surface area contributed by atoms with E-state index in [9.17, 15) is 9.35 Å². The van der Waals surface area contributed by atoms with Crippen LogP contribution in [0.3, 0.4) is 0 Å². The van der Waals surface area contributed by atoms with E-state index in [1.54, 1.807) is 0 Å². The average Bonchev–Trinajstić information content (AvgIpc) is 1.67. The van der Waals surface area contributed by atoms with Crippen molar-refractivity contribution in [2.75, 3.05) is 5.75 Å². The Labute approximate surface area is 50.7 Å². The van der Waals surface area contributed by atoms with Gasteiger partial charge in [0.1, 0.15) is 5.75 Å². The fraction of sp³-hybridized carbons (Fsp3) is 0.250. The van der Waals surface area contributed by atoms with Gasteiger partial charge in [-0.25, -0.2) is 4.79 Å². The molecular weight excluding hydrogens is 126 g/mol. The van der Waals surface area contributed by atoms with E-state index in [4.69, 9.17) is 0 Å². The molecule has 0 radical (unpaired) electrons. The zero-order chi connectivity index (χ0) is 6.57. The first-order valence-electron chi connectivity index (χ1n) is 1.97. The summed E-state index contributed by atoms with van der Waals surface area (Å²) in [6.07, 6.45) is 1.39. The van der Waals surface area contributed by atoms with Gasteiger partial charge >= 0.3 is 5.24 Å². The molecule has 0 saturated carbocycles. The lowest BCUT2D eigenvalue weighted by molar-refractivity contribution is 0.265. The molecule has 0 aromatic rings. The number of hydrogen-bond acceptors (Lipinski definition) is 2. The van der Waals surface area contributed by atoms with Gasteiger partial charge in [-0.2, -0.15) is 0 Å². The maximum atomic E-state index is 10.3. The zero-order valence-corrected chi connectivity index (χ0v) is 5.11. The van der Waals surface area contributed by atoms with E-state index in [0.717, 1.165) is 0 Å². The minimum Gasteiger partial charge on any atom is -0.607 e. The Morgan fingerprint density at radius 2 is 2.50 bits per heavy atom. The number of primary amides is 1. The molecule has 1 atom stereocenters. The van der Waals surface area contributed by atoms with Gasteiger partial charge in [-0.3, -0.25) is 0 Å². The van der Waals surface area contributed by atoms with Crippen LogP contribution in [0.25, 0.3) is 0 Å². The van der Waals surface area contributed by atoms with Crippen LogP contribution >= 0.6 is 0 Å². The third-order valence-corrected chi connectivity index (χ3v) is 1.48. The number of carbonyl (C=O) groups excluding carboxylic acids is 1. The Bertz CT molecular complexity index is 104. The summed E-state index contributed by atoms with van der Waals surface area (Å²) >= 11 is -1.55. The molecule has 0 heterocycles. The molecule has 0 aliphatic carbocycles. The van der Waals surface area contributed by atoms with Crippen LogP contribution in [0.15, 0.2) is 12.7 Å². The van der Waals surface area contributed by atoms with E-state index in [1.807, 2.05) is 0 Å². The molecule has 0 rings (SSSR count). The highest BCUT2D eigenvalue weighted by Crippen LogP contribution is 1.88. The van der Waals surface area contributed by atoms with Crippen molar-refractivity contribution < 1.29 is 9.35 Å². The molecule has 46 valence electrons. The SMILES string of the molecule is C=CC[S+]([O-])C(N)=O. The Morgan fingerprint density at radius 1 is 2.00 bits per heavy atom. The van der Waals surface area contributed by atoms with Gasteiger partial charge in [0.05, 0.1) is 11.2 Å². The van der Waals surface area contributed by atoms with E-state index in [1.165, 1.54) is 6.08 Å². The predicted octanol–water partition coefficient (Wildman–Crippen LogP) is -0.000200. The topological polar surface area (TPSA) is 66.2 Å². The van der Waals surface area contributed by atoms with E-state index < -0.39 is 16.4 Å². The van der Waals surface area contributed by atoms with Crippen molar-refractivity contribution in [3.63, 3.8) is 0 Å². The smallest absolute Gasteiger partial charge is 0.424 e. The van der Waals surface area contributed by atoms with Crippen LogP contribution in [0, 0.1) is 0 Å². The second-order valence-corrected chi connectivity index (χ2v) is 2.55. The lowest BCUT2D eigenvalue weighted by Crippen LogP contribution is -2.23. The summed E-state index contributed by atoms with van der Waals surface area (Å²) in [5, 5.41) is -0.787. The van der Waals surface area contributed by atoms with Crippen molar-refractivity contribution in [2.24, 2.45) is 5.73 Å². The number of amides is 1. The van der Waals surface area contributed by atoms with E-state index in [0.29, 0.717) is 0 Å². The minimum absolute atomic E-state index is 0.148. The molecule has 4 heteroatoms. The quantitative estimate of drug-likeness (QED) is 0.425. The summed E-state index contributed by atoms with van der Waals surface area (Å²) in [5.41, 5.74) is 4.64.